The third-order valence-electron chi connectivity index (χ3n) is 5.91. The number of fused-ring (bicyclic) bond motifs is 1. The van der Waals surface area contributed by atoms with Gasteiger partial charge in [-0.05, 0) is 57.0 Å². The van der Waals surface area contributed by atoms with Gasteiger partial charge in [0.05, 0.1) is 4.90 Å². The van der Waals surface area contributed by atoms with E-state index in [4.69, 9.17) is 9.47 Å². The summed E-state index contributed by atoms with van der Waals surface area (Å²) in [5, 5.41) is 2.83. The number of sulfonamides is 1. The first-order valence-electron chi connectivity index (χ1n) is 10.6. The summed E-state index contributed by atoms with van der Waals surface area (Å²) < 4.78 is 39.0. The molecule has 1 aliphatic heterocycles. The second-order valence-corrected chi connectivity index (χ2v) is 10.4. The Morgan fingerprint density at radius 3 is 2.45 bits per heavy atom. The van der Waals surface area contributed by atoms with Gasteiger partial charge in [-0.15, -0.1) is 0 Å². The van der Waals surface area contributed by atoms with Crippen LogP contribution in [-0.2, 0) is 10.0 Å². The van der Waals surface area contributed by atoms with Crippen molar-refractivity contribution in [2.45, 2.75) is 62.7 Å². The lowest BCUT2D eigenvalue weighted by Crippen LogP contribution is -2.40. The highest BCUT2D eigenvalue weighted by molar-refractivity contribution is 7.89. The third-order valence-corrected chi connectivity index (χ3v) is 7.94. The number of amides is 1. The van der Waals surface area contributed by atoms with Crippen LogP contribution in [0.5, 0.6) is 11.5 Å². The summed E-state index contributed by atoms with van der Waals surface area (Å²) >= 11 is 0. The maximum absolute atomic E-state index is 12.8. The van der Waals surface area contributed by atoms with E-state index in [1.54, 1.807) is 44.2 Å². The Labute approximate surface area is 183 Å². The average molecular weight is 445 g/mol. The van der Waals surface area contributed by atoms with Gasteiger partial charge in [0, 0.05) is 43.2 Å². The summed E-state index contributed by atoms with van der Waals surface area (Å²) in [6, 6.07) is 11.2. The Kier molecular flexibility index (Phi) is 5.70. The van der Waals surface area contributed by atoms with E-state index in [9.17, 15) is 13.2 Å². The molecule has 166 valence electrons. The van der Waals surface area contributed by atoms with Crippen LogP contribution in [0.1, 0.15) is 56.3 Å². The van der Waals surface area contributed by atoms with Crippen molar-refractivity contribution < 1.29 is 22.7 Å². The van der Waals surface area contributed by atoms with Crippen LogP contribution in [0.15, 0.2) is 47.4 Å². The Hall–Kier alpha value is -2.58. The molecule has 2 aromatic rings. The number of hydrogen-bond acceptors (Lipinski definition) is 5. The number of ether oxygens (including phenoxy) is 2. The second-order valence-electron chi connectivity index (χ2n) is 8.43. The molecule has 8 heteroatoms. The minimum atomic E-state index is -3.67. The quantitative estimate of drug-likeness (QED) is 0.739. The van der Waals surface area contributed by atoms with E-state index < -0.39 is 21.7 Å². The van der Waals surface area contributed by atoms with E-state index in [0.717, 1.165) is 25.7 Å². The van der Waals surface area contributed by atoms with E-state index >= 15 is 0 Å². The first kappa shape index (κ1) is 21.6. The van der Waals surface area contributed by atoms with Gasteiger partial charge in [-0.3, -0.25) is 4.79 Å². The molecule has 0 unspecified atom stereocenters. The number of carbonyl (C=O) groups is 1. The molecule has 0 bridgehead atoms. The van der Waals surface area contributed by atoms with Gasteiger partial charge in [-0.2, -0.15) is 4.31 Å². The van der Waals surface area contributed by atoms with Crippen LogP contribution in [0.3, 0.4) is 0 Å². The van der Waals surface area contributed by atoms with Crippen LogP contribution in [0.2, 0.25) is 0 Å². The summed E-state index contributed by atoms with van der Waals surface area (Å²) in [7, 11) is -2.15. The molecule has 4 rings (SSSR count). The van der Waals surface area contributed by atoms with Gasteiger partial charge >= 0.3 is 0 Å². The van der Waals surface area contributed by atoms with Gasteiger partial charge in [0.1, 0.15) is 0 Å². The summed E-state index contributed by atoms with van der Waals surface area (Å²) in [6.07, 6.45) is 5.05. The molecule has 0 radical (unpaired) electrons. The smallest absolute Gasteiger partial charge is 0.255 e. The normalized spacial score (nSPS) is 17.3. The highest BCUT2D eigenvalue weighted by Gasteiger charge is 2.42. The maximum atomic E-state index is 12.8. The fourth-order valence-corrected chi connectivity index (χ4v) is 5.33. The van der Waals surface area contributed by atoms with E-state index in [2.05, 4.69) is 5.32 Å². The number of nitrogens with one attached hydrogen (secondary N) is 1. The fourth-order valence-electron chi connectivity index (χ4n) is 3.91. The minimum Gasteiger partial charge on any atom is -0.448 e. The maximum Gasteiger partial charge on any atom is 0.255 e. The molecule has 2 aliphatic rings. The highest BCUT2D eigenvalue weighted by atomic mass is 32.2. The van der Waals surface area contributed by atoms with Gasteiger partial charge in [0.25, 0.3) is 11.7 Å². The van der Waals surface area contributed by atoms with E-state index in [0.29, 0.717) is 17.2 Å². The van der Waals surface area contributed by atoms with Gasteiger partial charge < -0.3 is 14.8 Å². The Bertz CT molecular complexity index is 1090. The second kappa shape index (κ2) is 8.16. The molecule has 1 heterocycles. The highest BCUT2D eigenvalue weighted by Crippen LogP contribution is 2.46. The number of carbonyl (C=O) groups excluding carboxylic acids is 1. The van der Waals surface area contributed by atoms with Crippen molar-refractivity contribution in [3.8, 4) is 11.5 Å². The fraction of sp³-hybridized carbons (Fsp3) is 0.435. The number of nitrogens with zero attached hydrogens (tertiary/aromatic N) is 1. The zero-order valence-electron chi connectivity index (χ0n) is 18.1. The lowest BCUT2D eigenvalue weighted by Gasteiger charge is -2.31. The van der Waals surface area contributed by atoms with Crippen LogP contribution in [-0.4, -0.2) is 37.5 Å². The summed E-state index contributed by atoms with van der Waals surface area (Å²) in [5.41, 5.74) is 0.826. The predicted octanol–water partition coefficient (Wildman–Crippen LogP) is 4.40. The van der Waals surface area contributed by atoms with Crippen LogP contribution < -0.4 is 14.8 Å². The van der Waals surface area contributed by atoms with Crippen LogP contribution >= 0.6 is 0 Å². The lowest BCUT2D eigenvalue weighted by molar-refractivity contribution is -0.105. The monoisotopic (exact) mass is 444 g/mol. The number of anilines is 1. The van der Waals surface area contributed by atoms with E-state index in [1.165, 1.54) is 29.9 Å². The number of rotatable bonds is 5. The molecule has 0 saturated heterocycles. The van der Waals surface area contributed by atoms with Crippen molar-refractivity contribution in [1.82, 2.24) is 4.31 Å². The first-order chi connectivity index (χ1) is 14.7. The summed E-state index contributed by atoms with van der Waals surface area (Å²) in [4.78, 5) is 12.9. The standard InChI is InChI=1S/C23H28N2O5S/c1-16(2)25(3)31(27,28)19-9-7-8-17(14-19)22(26)24-18-10-11-20-21(15-18)30-23(29-20)12-5-4-6-13-23/h7-11,14-16H,4-6,12-13H2,1-3H3,(H,24,26). The molecule has 2 aromatic carbocycles. The van der Waals surface area contributed by atoms with E-state index in [1.807, 2.05) is 0 Å². The molecular formula is C23H28N2O5S. The van der Waals surface area contributed by atoms with Gasteiger partial charge in [-0.25, -0.2) is 8.42 Å². The number of hydrogen-bond donors (Lipinski definition) is 1. The Balaban J connectivity index is 1.51. The van der Waals surface area contributed by atoms with Crippen molar-refractivity contribution in [3.63, 3.8) is 0 Å². The van der Waals surface area contributed by atoms with Gasteiger partial charge in [-0.1, -0.05) is 12.5 Å². The molecule has 0 aromatic heterocycles. The molecular weight excluding hydrogens is 416 g/mol. The molecule has 7 nitrogen and oxygen atoms in total. The molecule has 31 heavy (non-hydrogen) atoms. The Morgan fingerprint density at radius 2 is 1.74 bits per heavy atom. The SMILES string of the molecule is CC(C)N(C)S(=O)(=O)c1cccc(C(=O)Nc2ccc3c(c2)OC2(CCCCC2)O3)c1. The van der Waals surface area contributed by atoms with E-state index in [-0.39, 0.29) is 16.5 Å². The van der Waals surface area contributed by atoms with Crippen LogP contribution in [0.4, 0.5) is 5.69 Å². The first-order valence-corrected chi connectivity index (χ1v) is 12.1. The van der Waals surface area contributed by atoms with Crippen LogP contribution in [0.25, 0.3) is 0 Å². The van der Waals surface area contributed by atoms with Crippen molar-refractivity contribution in [3.05, 3.63) is 48.0 Å². The molecule has 1 N–H and O–H groups in total. The van der Waals surface area contributed by atoms with Crippen molar-refractivity contribution in [2.24, 2.45) is 0 Å². The van der Waals surface area contributed by atoms with Crippen molar-refractivity contribution in [1.29, 1.82) is 0 Å². The molecule has 1 fully saturated rings. The van der Waals surface area contributed by atoms with Crippen LogP contribution in [0, 0.1) is 0 Å². The van der Waals surface area contributed by atoms with Gasteiger partial charge in [0.2, 0.25) is 10.0 Å². The molecule has 1 saturated carbocycles. The minimum absolute atomic E-state index is 0.0845. The molecule has 1 aliphatic carbocycles. The Morgan fingerprint density at radius 1 is 1.03 bits per heavy atom. The average Bonchev–Trinajstić information content (AvgIpc) is 3.10. The molecule has 1 amide bonds. The predicted molar refractivity (Wildman–Crippen MR) is 118 cm³/mol. The van der Waals surface area contributed by atoms with Crippen molar-refractivity contribution >= 4 is 21.6 Å². The molecule has 0 atom stereocenters. The number of benzene rings is 2. The summed E-state index contributed by atoms with van der Waals surface area (Å²) in [6.45, 7) is 3.59. The van der Waals surface area contributed by atoms with Gasteiger partial charge in [0.15, 0.2) is 11.5 Å². The zero-order valence-corrected chi connectivity index (χ0v) is 18.9. The lowest BCUT2D eigenvalue weighted by atomic mass is 9.94. The van der Waals surface area contributed by atoms with Crippen molar-refractivity contribution in [2.75, 3.05) is 12.4 Å². The topological polar surface area (TPSA) is 84.9 Å². The largest absolute Gasteiger partial charge is 0.448 e. The summed E-state index contributed by atoms with van der Waals surface area (Å²) in [5.74, 6) is 0.337. The molecule has 1 spiro atoms. The zero-order chi connectivity index (χ0) is 22.2. The third kappa shape index (κ3) is 4.27.